The third-order valence-electron chi connectivity index (χ3n) is 4.60. The van der Waals surface area contributed by atoms with Crippen LogP contribution >= 0.6 is 0 Å². The number of nitrogens with zero attached hydrogens (tertiary/aromatic N) is 1. The molecule has 3 aromatic rings. The van der Waals surface area contributed by atoms with Gasteiger partial charge in [-0.25, -0.2) is 4.72 Å². The molecule has 0 radical (unpaired) electrons. The summed E-state index contributed by atoms with van der Waals surface area (Å²) in [4.78, 5) is 12.2. The molecule has 1 aliphatic heterocycles. The van der Waals surface area contributed by atoms with Crippen LogP contribution in [0, 0.1) is 4.78 Å². The van der Waals surface area contributed by atoms with Crippen LogP contribution in [0.25, 0.3) is 16.8 Å². The summed E-state index contributed by atoms with van der Waals surface area (Å²) < 4.78 is 13.6. The van der Waals surface area contributed by atoms with E-state index in [1.807, 2.05) is 25.4 Å². The normalized spacial score (nSPS) is 19.6. The summed E-state index contributed by atoms with van der Waals surface area (Å²) in [6.07, 6.45) is 7.62. The van der Waals surface area contributed by atoms with Crippen molar-refractivity contribution < 1.29 is 4.79 Å². The van der Waals surface area contributed by atoms with Gasteiger partial charge in [0.1, 0.15) is 0 Å². The highest BCUT2D eigenvalue weighted by Gasteiger charge is 2.20. The van der Waals surface area contributed by atoms with E-state index in [9.17, 15) is 4.79 Å². The number of carbonyl (C=O) groups excluding carboxylic acids is 1. The Hall–Kier alpha value is -2.50. The second-order valence-corrected chi connectivity index (χ2v) is 7.58. The quantitative estimate of drug-likeness (QED) is 0.705. The average molecular weight is 349 g/mol. The van der Waals surface area contributed by atoms with Gasteiger partial charge in [-0.15, -0.1) is 0 Å². The number of aldehydes is 1. The van der Waals surface area contributed by atoms with E-state index in [-0.39, 0.29) is 6.04 Å². The Labute approximate surface area is 149 Å². The molecule has 2 atom stereocenters. The summed E-state index contributed by atoms with van der Waals surface area (Å²) in [5.41, 5.74) is 2.73. The van der Waals surface area contributed by atoms with Crippen LogP contribution < -0.4 is 4.72 Å². The number of fused-ring (bicyclic) bond motifs is 2. The van der Waals surface area contributed by atoms with Gasteiger partial charge < -0.3 is 4.57 Å². The molecule has 1 aliphatic rings. The summed E-state index contributed by atoms with van der Waals surface area (Å²) in [7, 11) is 0.997. The lowest BCUT2D eigenvalue weighted by molar-refractivity contribution is 0.111. The summed E-state index contributed by atoms with van der Waals surface area (Å²) in [5, 5.41) is 2.47. The van der Waals surface area contributed by atoms with Crippen LogP contribution in [0.4, 0.5) is 0 Å². The van der Waals surface area contributed by atoms with Crippen LogP contribution in [-0.4, -0.2) is 16.9 Å². The van der Waals surface area contributed by atoms with E-state index in [2.05, 4.69) is 47.2 Å². The minimum atomic E-state index is -0.847. The maximum Gasteiger partial charge on any atom is 0.167 e. The zero-order valence-electron chi connectivity index (χ0n) is 13.9. The van der Waals surface area contributed by atoms with Gasteiger partial charge in [0.05, 0.1) is 10.6 Å². The molecule has 2 unspecified atom stereocenters. The second kappa shape index (κ2) is 6.43. The first-order valence-electron chi connectivity index (χ1n) is 8.18. The van der Waals surface area contributed by atoms with Gasteiger partial charge in [-0.1, -0.05) is 54.6 Å². The predicted molar refractivity (Wildman–Crippen MR) is 103 cm³/mol. The lowest BCUT2D eigenvalue weighted by Gasteiger charge is -2.15. The van der Waals surface area contributed by atoms with Crippen molar-refractivity contribution in [3.8, 4) is 0 Å². The third kappa shape index (κ3) is 2.97. The molecule has 0 saturated heterocycles. The Balaban J connectivity index is 1.63. The highest BCUT2D eigenvalue weighted by molar-refractivity contribution is 7.84. The van der Waals surface area contributed by atoms with E-state index in [0.717, 1.165) is 23.2 Å². The highest BCUT2D eigenvalue weighted by Crippen LogP contribution is 2.25. The summed E-state index contributed by atoms with van der Waals surface area (Å²) in [5.74, 6) is 0. The zero-order chi connectivity index (χ0) is 17.4. The molecule has 0 amide bonds. The summed E-state index contributed by atoms with van der Waals surface area (Å²) in [6.45, 7) is 0. The van der Waals surface area contributed by atoms with E-state index in [1.54, 1.807) is 4.57 Å². The molecule has 2 heterocycles. The molecule has 5 heteroatoms. The van der Waals surface area contributed by atoms with Crippen molar-refractivity contribution in [2.75, 3.05) is 0 Å². The maximum atomic E-state index is 11.3. The molecule has 0 fully saturated rings. The van der Waals surface area contributed by atoms with Crippen LogP contribution in [0.2, 0.25) is 0 Å². The monoisotopic (exact) mass is 349 g/mol. The van der Waals surface area contributed by atoms with Gasteiger partial charge in [0.2, 0.25) is 0 Å². The standard InChI is InChI=1S/C20H19N3OS/c1-23-12-20-18(19(23)13-24)9-8-17(22-25(20)21)11-14-6-7-15-4-2-3-5-16(15)10-14/h2-10,12-13,17H,11H2,1H3,(H2,21,22). The van der Waals surface area contributed by atoms with Gasteiger partial charge in [0.25, 0.3) is 0 Å². The third-order valence-corrected chi connectivity index (χ3v) is 5.90. The Bertz CT molecular complexity index is 1020. The molecule has 2 aromatic carbocycles. The smallest absolute Gasteiger partial charge is 0.167 e. The molecule has 2 N–H and O–H groups in total. The van der Waals surface area contributed by atoms with E-state index >= 15 is 0 Å². The molecular formula is C20H19N3OS. The fourth-order valence-electron chi connectivity index (χ4n) is 3.30. The number of hydrogen-bond acceptors (Lipinski definition) is 2. The first-order chi connectivity index (χ1) is 12.2. The van der Waals surface area contributed by atoms with E-state index < -0.39 is 10.9 Å². The first-order valence-corrected chi connectivity index (χ1v) is 9.40. The van der Waals surface area contributed by atoms with Crippen molar-refractivity contribution in [1.82, 2.24) is 9.29 Å². The van der Waals surface area contributed by atoms with Crippen molar-refractivity contribution in [3.05, 3.63) is 71.6 Å². The largest absolute Gasteiger partial charge is 0.347 e. The molecule has 25 heavy (non-hydrogen) atoms. The second-order valence-electron chi connectivity index (χ2n) is 6.30. The molecule has 4 nitrogen and oxygen atoms in total. The topological polar surface area (TPSA) is 57.9 Å². The van der Waals surface area contributed by atoms with Gasteiger partial charge in [0.15, 0.2) is 6.29 Å². The van der Waals surface area contributed by atoms with E-state index in [0.29, 0.717) is 5.69 Å². The van der Waals surface area contributed by atoms with Crippen molar-refractivity contribution in [3.63, 3.8) is 0 Å². The van der Waals surface area contributed by atoms with Crippen LogP contribution in [0.5, 0.6) is 0 Å². The van der Waals surface area contributed by atoms with E-state index in [1.165, 1.54) is 16.3 Å². The fourth-order valence-corrected chi connectivity index (χ4v) is 4.55. The van der Waals surface area contributed by atoms with Crippen LogP contribution in [0.15, 0.2) is 59.6 Å². The molecule has 4 rings (SSSR count). The number of aromatic nitrogens is 1. The highest BCUT2D eigenvalue weighted by atomic mass is 32.2. The molecule has 0 aliphatic carbocycles. The Morgan fingerprint density at radius 2 is 2.04 bits per heavy atom. The average Bonchev–Trinajstić information content (AvgIpc) is 2.87. The SMILES string of the molecule is Cn1cc2c(c1C=O)C=CC(Cc1ccc3ccccc3c1)NS2=N. The number of rotatable bonds is 3. The Morgan fingerprint density at radius 3 is 2.84 bits per heavy atom. The number of hydrogen-bond donors (Lipinski definition) is 2. The van der Waals surface area contributed by atoms with Gasteiger partial charge in [-0.3, -0.25) is 9.57 Å². The zero-order valence-corrected chi connectivity index (χ0v) is 14.7. The first kappa shape index (κ1) is 16.0. The number of carbonyl (C=O) groups is 1. The number of benzene rings is 2. The Morgan fingerprint density at radius 1 is 1.24 bits per heavy atom. The Kier molecular flexibility index (Phi) is 4.11. The summed E-state index contributed by atoms with van der Waals surface area (Å²) >= 11 is 0. The van der Waals surface area contributed by atoms with Gasteiger partial charge >= 0.3 is 0 Å². The van der Waals surface area contributed by atoms with Gasteiger partial charge in [0, 0.05) is 24.8 Å². The van der Waals surface area contributed by atoms with Crippen molar-refractivity contribution in [2.24, 2.45) is 7.05 Å². The van der Waals surface area contributed by atoms with E-state index in [4.69, 9.17) is 4.78 Å². The van der Waals surface area contributed by atoms with Crippen molar-refractivity contribution in [1.29, 1.82) is 4.78 Å². The maximum absolute atomic E-state index is 11.3. The molecule has 126 valence electrons. The summed E-state index contributed by atoms with van der Waals surface area (Å²) in [6, 6.07) is 14.9. The van der Waals surface area contributed by atoms with Crippen molar-refractivity contribution in [2.45, 2.75) is 17.4 Å². The molecular weight excluding hydrogens is 330 g/mol. The predicted octanol–water partition coefficient (Wildman–Crippen LogP) is 3.87. The molecule has 1 aromatic heterocycles. The minimum Gasteiger partial charge on any atom is -0.347 e. The van der Waals surface area contributed by atoms with Crippen LogP contribution in [0.3, 0.4) is 0 Å². The molecule has 0 spiro atoms. The van der Waals surface area contributed by atoms with Gasteiger partial charge in [-0.2, -0.15) is 0 Å². The molecule has 0 bridgehead atoms. The van der Waals surface area contributed by atoms with Crippen LogP contribution in [0.1, 0.15) is 21.6 Å². The fraction of sp³-hybridized carbons (Fsp3) is 0.150. The lowest BCUT2D eigenvalue weighted by atomic mass is 10.0. The number of aryl methyl sites for hydroxylation is 1. The number of nitrogens with one attached hydrogen (secondary N) is 2. The van der Waals surface area contributed by atoms with Crippen LogP contribution in [-0.2, 0) is 24.3 Å². The van der Waals surface area contributed by atoms with Crippen molar-refractivity contribution >= 4 is 34.0 Å². The van der Waals surface area contributed by atoms with Gasteiger partial charge in [-0.05, 0) is 33.6 Å². The minimum absolute atomic E-state index is 0.0687. The molecule has 0 saturated carbocycles. The lowest BCUT2D eigenvalue weighted by Crippen LogP contribution is -2.29.